The van der Waals surface area contributed by atoms with Gasteiger partial charge in [-0.2, -0.15) is 17.7 Å². The Kier molecular flexibility index (Phi) is 2.48. The van der Waals surface area contributed by atoms with Gasteiger partial charge in [0.15, 0.2) is 17.2 Å². The van der Waals surface area contributed by atoms with Crippen LogP contribution in [-0.2, 0) is 12.6 Å². The van der Waals surface area contributed by atoms with Crippen LogP contribution in [0.5, 0.6) is 0 Å². The molecule has 0 spiro atoms. The summed E-state index contributed by atoms with van der Waals surface area (Å²) >= 11 is 0. The molecular formula is C14H9F3N4O. The van der Waals surface area contributed by atoms with E-state index in [1.54, 1.807) is 18.2 Å². The summed E-state index contributed by atoms with van der Waals surface area (Å²) in [6.07, 6.45) is -0.815. The number of allylic oxidation sites excluding steroid dienone is 1. The molecule has 1 aliphatic rings. The second-order valence-electron chi connectivity index (χ2n) is 5.11. The predicted octanol–water partition coefficient (Wildman–Crippen LogP) is 3.36. The smallest absolute Gasteiger partial charge is 0.453 e. The molecule has 0 fully saturated rings. The zero-order chi connectivity index (χ0) is 15.5. The lowest BCUT2D eigenvalue weighted by atomic mass is 10.2. The van der Waals surface area contributed by atoms with Crippen molar-refractivity contribution in [3.63, 3.8) is 0 Å². The molecule has 4 rings (SSSR count). The number of hydrogen-bond donors (Lipinski definition) is 0. The van der Waals surface area contributed by atoms with Crippen LogP contribution >= 0.6 is 0 Å². The van der Waals surface area contributed by atoms with E-state index in [9.17, 15) is 13.2 Å². The van der Waals surface area contributed by atoms with E-state index in [0.717, 1.165) is 10.1 Å². The molecule has 0 saturated heterocycles. The summed E-state index contributed by atoms with van der Waals surface area (Å²) in [5.74, 6) is -0.630. The van der Waals surface area contributed by atoms with E-state index >= 15 is 0 Å². The van der Waals surface area contributed by atoms with Crippen molar-refractivity contribution in [1.29, 1.82) is 0 Å². The molecule has 0 aliphatic heterocycles. The topological polar surface area (TPSA) is 56.2 Å². The molecule has 3 aromatic heterocycles. The number of furan rings is 1. The van der Waals surface area contributed by atoms with Crippen molar-refractivity contribution in [2.75, 3.05) is 0 Å². The van der Waals surface area contributed by atoms with Crippen LogP contribution < -0.4 is 0 Å². The fourth-order valence-electron chi connectivity index (χ4n) is 2.53. The third-order valence-electron chi connectivity index (χ3n) is 3.43. The normalized spacial score (nSPS) is 14.5. The Labute approximate surface area is 122 Å². The Morgan fingerprint density at radius 3 is 2.77 bits per heavy atom. The number of aromatic nitrogens is 4. The van der Waals surface area contributed by atoms with Gasteiger partial charge >= 0.3 is 6.18 Å². The molecule has 0 amide bonds. The van der Waals surface area contributed by atoms with E-state index in [4.69, 9.17) is 4.42 Å². The summed E-state index contributed by atoms with van der Waals surface area (Å²) in [6.45, 7) is 1.89. The van der Waals surface area contributed by atoms with Crippen LogP contribution in [0.3, 0.4) is 0 Å². The first-order valence-electron chi connectivity index (χ1n) is 6.51. The number of rotatable bonds is 1. The molecule has 0 unspecified atom stereocenters. The van der Waals surface area contributed by atoms with Gasteiger partial charge in [-0.05, 0) is 19.1 Å². The highest BCUT2D eigenvalue weighted by atomic mass is 19.4. The van der Waals surface area contributed by atoms with Crippen molar-refractivity contribution in [3.05, 3.63) is 41.1 Å². The first-order valence-corrected chi connectivity index (χ1v) is 6.51. The third-order valence-corrected chi connectivity index (χ3v) is 3.43. The first kappa shape index (κ1) is 13.1. The van der Waals surface area contributed by atoms with Crippen molar-refractivity contribution < 1.29 is 17.6 Å². The molecule has 0 bridgehead atoms. The molecular weight excluding hydrogens is 297 g/mol. The van der Waals surface area contributed by atoms with Crippen LogP contribution in [0.1, 0.15) is 24.0 Å². The van der Waals surface area contributed by atoms with Crippen molar-refractivity contribution in [1.82, 2.24) is 19.6 Å². The summed E-state index contributed by atoms with van der Waals surface area (Å²) in [7, 11) is 0. The van der Waals surface area contributed by atoms with E-state index in [1.807, 2.05) is 6.92 Å². The molecule has 1 aliphatic carbocycles. The standard InChI is InChI=1S/C14H9F3N4O/c1-7-5-8-9(6-7)18-12(10-3-2-4-22-10)21-11(8)19-13(20-21)14(15,16)17/h2-5H,6H2,1H3. The van der Waals surface area contributed by atoms with Gasteiger partial charge in [0.1, 0.15) is 0 Å². The molecule has 0 aromatic carbocycles. The Balaban J connectivity index is 2.07. The summed E-state index contributed by atoms with van der Waals surface area (Å²) in [5, 5.41) is 3.57. The minimum absolute atomic E-state index is 0.139. The average molecular weight is 306 g/mol. The van der Waals surface area contributed by atoms with Gasteiger partial charge in [-0.15, -0.1) is 5.10 Å². The van der Waals surface area contributed by atoms with Crippen molar-refractivity contribution >= 4 is 11.7 Å². The summed E-state index contributed by atoms with van der Waals surface area (Å²) in [6, 6.07) is 3.26. The molecule has 0 radical (unpaired) electrons. The van der Waals surface area contributed by atoms with Crippen LogP contribution in [0.15, 0.2) is 28.4 Å². The van der Waals surface area contributed by atoms with Gasteiger partial charge in [-0.1, -0.05) is 11.6 Å². The van der Waals surface area contributed by atoms with E-state index in [1.165, 1.54) is 6.26 Å². The van der Waals surface area contributed by atoms with Gasteiger partial charge in [0.05, 0.1) is 12.0 Å². The van der Waals surface area contributed by atoms with Crippen molar-refractivity contribution in [2.24, 2.45) is 0 Å². The minimum atomic E-state index is -4.61. The van der Waals surface area contributed by atoms with Crippen molar-refractivity contribution in [2.45, 2.75) is 19.5 Å². The van der Waals surface area contributed by atoms with Crippen LogP contribution in [0.2, 0.25) is 0 Å². The molecule has 22 heavy (non-hydrogen) atoms. The Morgan fingerprint density at radius 2 is 2.09 bits per heavy atom. The second kappa shape index (κ2) is 4.19. The number of alkyl halides is 3. The lowest BCUT2D eigenvalue weighted by Gasteiger charge is -2.05. The van der Waals surface area contributed by atoms with Crippen molar-refractivity contribution in [3.8, 4) is 11.6 Å². The second-order valence-corrected chi connectivity index (χ2v) is 5.11. The fraction of sp³-hybridized carbons (Fsp3) is 0.214. The lowest BCUT2D eigenvalue weighted by molar-refractivity contribution is -0.144. The summed E-state index contributed by atoms with van der Waals surface area (Å²) < 4.78 is 45.1. The third kappa shape index (κ3) is 1.83. The van der Waals surface area contributed by atoms with E-state index < -0.39 is 12.0 Å². The fourth-order valence-corrected chi connectivity index (χ4v) is 2.53. The van der Waals surface area contributed by atoms with Crippen LogP contribution in [0.25, 0.3) is 23.3 Å². The van der Waals surface area contributed by atoms with Gasteiger partial charge in [0.2, 0.25) is 0 Å². The number of nitrogens with zero attached hydrogens (tertiary/aromatic N) is 4. The molecule has 5 nitrogen and oxygen atoms in total. The molecule has 3 heterocycles. The van der Waals surface area contributed by atoms with Crippen LogP contribution in [0, 0.1) is 0 Å². The van der Waals surface area contributed by atoms with Gasteiger partial charge < -0.3 is 4.42 Å². The molecule has 8 heteroatoms. The quantitative estimate of drug-likeness (QED) is 0.691. The van der Waals surface area contributed by atoms with E-state index in [2.05, 4.69) is 15.1 Å². The largest absolute Gasteiger partial charge is 0.461 e. The highest BCUT2D eigenvalue weighted by Crippen LogP contribution is 2.33. The molecule has 0 saturated carbocycles. The van der Waals surface area contributed by atoms with Gasteiger partial charge in [0, 0.05) is 12.0 Å². The molecule has 0 N–H and O–H groups in total. The predicted molar refractivity (Wildman–Crippen MR) is 70.8 cm³/mol. The first-order chi connectivity index (χ1) is 10.4. The SMILES string of the molecule is CC1=Cc2c(nc(-c3ccco3)n3nc(C(F)(F)F)nc23)C1. The van der Waals surface area contributed by atoms with E-state index in [0.29, 0.717) is 23.4 Å². The lowest BCUT2D eigenvalue weighted by Crippen LogP contribution is -2.08. The summed E-state index contributed by atoms with van der Waals surface area (Å²) in [5.41, 5.74) is 2.41. The Bertz CT molecular complexity index is 906. The molecule has 112 valence electrons. The number of halogens is 3. The van der Waals surface area contributed by atoms with Crippen LogP contribution in [0.4, 0.5) is 13.2 Å². The zero-order valence-corrected chi connectivity index (χ0v) is 11.3. The highest BCUT2D eigenvalue weighted by molar-refractivity contribution is 5.75. The van der Waals surface area contributed by atoms with E-state index in [-0.39, 0.29) is 11.5 Å². The monoisotopic (exact) mass is 306 g/mol. The Hall–Kier alpha value is -2.64. The van der Waals surface area contributed by atoms with Gasteiger partial charge in [0.25, 0.3) is 5.82 Å². The summed E-state index contributed by atoms with van der Waals surface area (Å²) in [4.78, 5) is 8.08. The van der Waals surface area contributed by atoms with Gasteiger partial charge in [-0.25, -0.2) is 9.97 Å². The molecule has 3 aromatic rings. The maximum absolute atomic E-state index is 12.9. The number of hydrogen-bond acceptors (Lipinski definition) is 4. The number of fused-ring (bicyclic) bond motifs is 3. The van der Waals surface area contributed by atoms with Gasteiger partial charge in [-0.3, -0.25) is 0 Å². The average Bonchev–Trinajstić information content (AvgIpc) is 3.14. The zero-order valence-electron chi connectivity index (χ0n) is 11.3. The maximum atomic E-state index is 12.9. The maximum Gasteiger partial charge on any atom is 0.453 e. The Morgan fingerprint density at radius 1 is 1.27 bits per heavy atom. The minimum Gasteiger partial charge on any atom is -0.461 e. The van der Waals surface area contributed by atoms with Crippen LogP contribution in [-0.4, -0.2) is 19.6 Å². The molecule has 0 atom stereocenters. The highest BCUT2D eigenvalue weighted by Gasteiger charge is 2.37.